The number of thiazole rings is 1. The van der Waals surface area contributed by atoms with Gasteiger partial charge in [0.2, 0.25) is 11.9 Å². The Hall–Kier alpha value is -4.04. The molecule has 0 spiro atoms. The number of amides is 1. The Kier molecular flexibility index (Phi) is 6.75. The van der Waals surface area contributed by atoms with Gasteiger partial charge in [-0.2, -0.15) is 0 Å². The third-order valence-corrected chi connectivity index (χ3v) is 8.23. The molecule has 3 heterocycles. The molecule has 196 valence electrons. The van der Waals surface area contributed by atoms with Gasteiger partial charge in [-0.15, -0.1) is 0 Å². The molecule has 9 nitrogen and oxygen atoms in total. The number of halogens is 3. The molecular formula is C24H19F3N6O3S2. The van der Waals surface area contributed by atoms with Gasteiger partial charge in [-0.1, -0.05) is 23.5 Å². The van der Waals surface area contributed by atoms with E-state index in [1.54, 1.807) is 13.1 Å². The third-order valence-electron chi connectivity index (χ3n) is 5.72. The lowest BCUT2D eigenvalue weighted by atomic mass is 10.1. The molecule has 0 bridgehead atoms. The Labute approximate surface area is 219 Å². The van der Waals surface area contributed by atoms with Gasteiger partial charge in [0.1, 0.15) is 11.6 Å². The van der Waals surface area contributed by atoms with Crippen molar-refractivity contribution < 1.29 is 26.4 Å². The normalized spacial score (nSPS) is 13.7. The number of carbonyl (C=O) groups excluding carboxylic acids is 1. The number of carbonyl (C=O) groups is 1. The van der Waals surface area contributed by atoms with Crippen molar-refractivity contribution >= 4 is 44.0 Å². The van der Waals surface area contributed by atoms with Crippen LogP contribution in [0.4, 0.5) is 29.9 Å². The molecule has 1 fully saturated rings. The monoisotopic (exact) mass is 560 g/mol. The molecular weight excluding hydrogens is 541 g/mol. The molecule has 0 saturated carbocycles. The first kappa shape index (κ1) is 25.6. The van der Waals surface area contributed by atoms with Gasteiger partial charge in [-0.3, -0.25) is 14.4 Å². The summed E-state index contributed by atoms with van der Waals surface area (Å²) in [5.74, 6) is -3.49. The molecule has 5 rings (SSSR count). The highest BCUT2D eigenvalue weighted by Crippen LogP contribution is 2.42. The summed E-state index contributed by atoms with van der Waals surface area (Å²) in [4.78, 5) is 26.1. The van der Waals surface area contributed by atoms with E-state index in [-0.39, 0.29) is 17.2 Å². The zero-order valence-corrected chi connectivity index (χ0v) is 21.3. The number of nitrogens with one attached hydrogen (secondary N) is 2. The fourth-order valence-electron chi connectivity index (χ4n) is 3.97. The van der Waals surface area contributed by atoms with Crippen LogP contribution in [0.15, 0.2) is 53.6 Å². The molecule has 4 aromatic rings. The first-order chi connectivity index (χ1) is 18.2. The fraction of sp³-hybridized carbons (Fsp3) is 0.167. The lowest BCUT2D eigenvalue weighted by molar-refractivity contribution is -0.117. The average Bonchev–Trinajstić information content (AvgIpc) is 3.51. The van der Waals surface area contributed by atoms with Crippen molar-refractivity contribution in [1.82, 2.24) is 15.0 Å². The van der Waals surface area contributed by atoms with Crippen molar-refractivity contribution in [2.45, 2.75) is 17.7 Å². The number of nitrogens with zero attached hydrogens (tertiary/aromatic N) is 4. The maximum Gasteiger partial charge on any atom is 0.267 e. The zero-order chi connectivity index (χ0) is 27.0. The van der Waals surface area contributed by atoms with Crippen LogP contribution in [0.2, 0.25) is 0 Å². The molecule has 2 N–H and O–H groups in total. The zero-order valence-electron chi connectivity index (χ0n) is 19.7. The van der Waals surface area contributed by atoms with Crippen LogP contribution in [0.5, 0.6) is 0 Å². The SMILES string of the molecule is CNc1nccc(-c2sc(N3CCCC3=O)nc2-c2cccc(NS(=O)(=O)c3c(F)cccc3F)c2F)n1. The summed E-state index contributed by atoms with van der Waals surface area (Å²) < 4.78 is 71.7. The number of anilines is 3. The minimum atomic E-state index is -4.82. The topological polar surface area (TPSA) is 117 Å². The summed E-state index contributed by atoms with van der Waals surface area (Å²) in [5.41, 5.74) is -0.135. The molecule has 1 saturated heterocycles. The largest absolute Gasteiger partial charge is 0.357 e. The van der Waals surface area contributed by atoms with Crippen LogP contribution in [-0.2, 0) is 14.8 Å². The van der Waals surface area contributed by atoms with Gasteiger partial charge in [0.05, 0.1) is 22.0 Å². The summed E-state index contributed by atoms with van der Waals surface area (Å²) in [7, 11) is -3.19. The molecule has 1 aliphatic rings. The van der Waals surface area contributed by atoms with Crippen LogP contribution in [0.3, 0.4) is 0 Å². The Morgan fingerprint density at radius 3 is 2.45 bits per heavy atom. The standard InChI is InChI=1S/C24H19F3N6O3S2/c1-28-23-29-11-10-17(30-23)21-20(31-24(37-21)33-12-4-9-18(33)34)13-5-2-8-16(19(13)27)32-38(35,36)22-14(25)6-3-7-15(22)26/h2-3,5-8,10-11,32H,4,9,12H2,1H3,(H,28,29,30). The second-order valence-corrected chi connectivity index (χ2v) is 10.8. The van der Waals surface area contributed by atoms with Crippen molar-refractivity contribution in [3.8, 4) is 21.8 Å². The third kappa shape index (κ3) is 4.67. The predicted octanol–water partition coefficient (Wildman–Crippen LogP) is 4.65. The quantitative estimate of drug-likeness (QED) is 0.338. The van der Waals surface area contributed by atoms with Gasteiger partial charge in [-0.05, 0) is 36.8 Å². The molecule has 1 aliphatic heterocycles. The van der Waals surface area contributed by atoms with Crippen LogP contribution in [0.25, 0.3) is 21.8 Å². The van der Waals surface area contributed by atoms with E-state index in [9.17, 15) is 22.0 Å². The minimum absolute atomic E-state index is 0.104. The van der Waals surface area contributed by atoms with Crippen molar-refractivity contribution in [1.29, 1.82) is 0 Å². The number of benzene rings is 2. The van der Waals surface area contributed by atoms with Crippen LogP contribution < -0.4 is 14.9 Å². The van der Waals surface area contributed by atoms with Crippen LogP contribution in [0, 0.1) is 17.5 Å². The van der Waals surface area contributed by atoms with Gasteiger partial charge in [0.15, 0.2) is 15.8 Å². The Balaban J connectivity index is 1.62. The van der Waals surface area contributed by atoms with E-state index in [1.807, 2.05) is 4.72 Å². The Bertz CT molecular complexity index is 1640. The van der Waals surface area contributed by atoms with Crippen molar-refractivity contribution in [3.63, 3.8) is 0 Å². The van der Waals surface area contributed by atoms with Crippen LogP contribution in [0.1, 0.15) is 12.8 Å². The van der Waals surface area contributed by atoms with Gasteiger partial charge in [0.25, 0.3) is 10.0 Å². The van der Waals surface area contributed by atoms with E-state index in [1.165, 1.54) is 23.2 Å². The molecule has 0 unspecified atom stereocenters. The van der Waals surface area contributed by atoms with Gasteiger partial charge in [0, 0.05) is 31.8 Å². The summed E-state index contributed by atoms with van der Waals surface area (Å²) in [6.45, 7) is 0.452. The summed E-state index contributed by atoms with van der Waals surface area (Å²) in [6, 6.07) is 8.06. The van der Waals surface area contributed by atoms with Crippen LogP contribution in [-0.4, -0.2) is 42.9 Å². The van der Waals surface area contributed by atoms with Crippen LogP contribution >= 0.6 is 11.3 Å². The van der Waals surface area contributed by atoms with E-state index in [4.69, 9.17) is 0 Å². The summed E-state index contributed by atoms with van der Waals surface area (Å²) in [5, 5.41) is 3.16. The first-order valence-corrected chi connectivity index (χ1v) is 13.6. The second-order valence-electron chi connectivity index (χ2n) is 8.16. The Morgan fingerprint density at radius 1 is 1.03 bits per heavy atom. The number of sulfonamides is 1. The molecule has 14 heteroatoms. The fourth-order valence-corrected chi connectivity index (χ4v) is 6.26. The maximum atomic E-state index is 15.8. The first-order valence-electron chi connectivity index (χ1n) is 11.3. The Morgan fingerprint density at radius 2 is 1.76 bits per heavy atom. The molecule has 38 heavy (non-hydrogen) atoms. The number of hydrogen-bond donors (Lipinski definition) is 2. The van der Waals surface area contributed by atoms with E-state index in [0.29, 0.717) is 41.0 Å². The van der Waals surface area contributed by atoms with Gasteiger partial charge < -0.3 is 5.32 Å². The van der Waals surface area contributed by atoms with Gasteiger partial charge in [-0.25, -0.2) is 36.5 Å². The summed E-state index contributed by atoms with van der Waals surface area (Å²) in [6.07, 6.45) is 2.51. The van der Waals surface area contributed by atoms with E-state index in [0.717, 1.165) is 35.6 Å². The lowest BCUT2D eigenvalue weighted by Crippen LogP contribution is -2.23. The van der Waals surface area contributed by atoms with E-state index >= 15 is 4.39 Å². The summed E-state index contributed by atoms with van der Waals surface area (Å²) >= 11 is 1.13. The van der Waals surface area contributed by atoms with Crippen molar-refractivity contribution in [3.05, 3.63) is 66.1 Å². The number of hydrogen-bond acceptors (Lipinski definition) is 8. The highest BCUT2D eigenvalue weighted by atomic mass is 32.2. The predicted molar refractivity (Wildman–Crippen MR) is 137 cm³/mol. The lowest BCUT2D eigenvalue weighted by Gasteiger charge is -2.13. The maximum absolute atomic E-state index is 15.8. The molecule has 0 atom stereocenters. The van der Waals surface area contributed by atoms with Gasteiger partial charge >= 0.3 is 0 Å². The second kappa shape index (κ2) is 10.0. The van der Waals surface area contributed by atoms with Crippen molar-refractivity contribution in [2.24, 2.45) is 0 Å². The number of aromatic nitrogens is 3. The highest BCUT2D eigenvalue weighted by Gasteiger charge is 2.30. The average molecular weight is 561 g/mol. The number of rotatable bonds is 7. The highest BCUT2D eigenvalue weighted by molar-refractivity contribution is 7.92. The molecule has 2 aromatic heterocycles. The van der Waals surface area contributed by atoms with E-state index < -0.39 is 38.1 Å². The molecule has 1 amide bonds. The minimum Gasteiger partial charge on any atom is -0.357 e. The molecule has 2 aromatic carbocycles. The van der Waals surface area contributed by atoms with Crippen molar-refractivity contribution in [2.75, 3.05) is 28.5 Å². The smallest absolute Gasteiger partial charge is 0.267 e. The molecule has 0 radical (unpaired) electrons. The van der Waals surface area contributed by atoms with E-state index in [2.05, 4.69) is 20.3 Å². The molecule has 0 aliphatic carbocycles.